The van der Waals surface area contributed by atoms with Gasteiger partial charge in [-0.1, -0.05) is 24.3 Å². The molecule has 22 heavy (non-hydrogen) atoms. The second-order valence-corrected chi connectivity index (χ2v) is 5.64. The number of ether oxygens (including phenoxy) is 1. The van der Waals surface area contributed by atoms with Gasteiger partial charge in [-0.15, -0.1) is 0 Å². The summed E-state index contributed by atoms with van der Waals surface area (Å²) in [6, 6.07) is 14.0. The van der Waals surface area contributed by atoms with Gasteiger partial charge in [0.2, 0.25) is 5.91 Å². The van der Waals surface area contributed by atoms with Gasteiger partial charge in [0.05, 0.1) is 6.61 Å². The molecule has 0 atom stereocenters. The van der Waals surface area contributed by atoms with Gasteiger partial charge in [-0.2, -0.15) is 0 Å². The van der Waals surface area contributed by atoms with E-state index < -0.39 is 0 Å². The number of nitrogens with one attached hydrogen (secondary N) is 1. The molecule has 2 aromatic carbocycles. The molecule has 1 N–H and O–H groups in total. The van der Waals surface area contributed by atoms with Crippen LogP contribution in [0.4, 0.5) is 5.69 Å². The van der Waals surface area contributed by atoms with Crippen LogP contribution in [-0.4, -0.2) is 12.5 Å². The van der Waals surface area contributed by atoms with Crippen molar-refractivity contribution in [2.45, 2.75) is 33.6 Å². The van der Waals surface area contributed by atoms with Crippen LogP contribution in [0.25, 0.3) is 0 Å². The van der Waals surface area contributed by atoms with Crippen molar-refractivity contribution in [1.82, 2.24) is 0 Å². The maximum atomic E-state index is 12.0. The average molecular weight is 297 g/mol. The first-order chi connectivity index (χ1) is 10.5. The van der Waals surface area contributed by atoms with E-state index in [1.807, 2.05) is 63.2 Å². The van der Waals surface area contributed by atoms with Crippen LogP contribution >= 0.6 is 0 Å². The molecule has 0 radical (unpaired) electrons. The minimum Gasteiger partial charge on any atom is -0.494 e. The number of anilines is 1. The molecule has 0 aromatic heterocycles. The van der Waals surface area contributed by atoms with Crippen LogP contribution in [0.1, 0.15) is 29.5 Å². The highest BCUT2D eigenvalue weighted by Gasteiger charge is 2.05. The number of rotatable bonds is 6. The van der Waals surface area contributed by atoms with E-state index in [2.05, 4.69) is 5.32 Å². The fourth-order valence-corrected chi connectivity index (χ4v) is 2.21. The van der Waals surface area contributed by atoms with E-state index in [9.17, 15) is 4.79 Å². The zero-order chi connectivity index (χ0) is 15.9. The summed E-state index contributed by atoms with van der Waals surface area (Å²) in [4.78, 5) is 12.0. The monoisotopic (exact) mass is 297 g/mol. The van der Waals surface area contributed by atoms with Crippen molar-refractivity contribution >= 4 is 11.6 Å². The molecule has 0 saturated heterocycles. The Morgan fingerprint density at radius 2 is 1.82 bits per heavy atom. The summed E-state index contributed by atoms with van der Waals surface area (Å²) in [5, 5.41) is 2.96. The fraction of sp³-hybridized carbons (Fsp3) is 0.316. The number of aryl methyl sites for hydroxylation is 3. The molecule has 0 aliphatic rings. The van der Waals surface area contributed by atoms with Crippen LogP contribution in [0.3, 0.4) is 0 Å². The summed E-state index contributed by atoms with van der Waals surface area (Å²) in [6.07, 6.45) is 1.16. The van der Waals surface area contributed by atoms with Crippen molar-refractivity contribution in [2.75, 3.05) is 11.9 Å². The van der Waals surface area contributed by atoms with Gasteiger partial charge in [0, 0.05) is 12.1 Å². The molecule has 2 rings (SSSR count). The van der Waals surface area contributed by atoms with E-state index in [4.69, 9.17) is 4.74 Å². The smallest absolute Gasteiger partial charge is 0.224 e. The Morgan fingerprint density at radius 3 is 2.59 bits per heavy atom. The molecular formula is C19H23NO2. The van der Waals surface area contributed by atoms with E-state index in [0.29, 0.717) is 19.4 Å². The van der Waals surface area contributed by atoms with Gasteiger partial charge >= 0.3 is 0 Å². The number of carbonyl (C=O) groups is 1. The molecule has 116 valence electrons. The van der Waals surface area contributed by atoms with E-state index in [-0.39, 0.29) is 5.91 Å². The van der Waals surface area contributed by atoms with Crippen molar-refractivity contribution in [1.29, 1.82) is 0 Å². The summed E-state index contributed by atoms with van der Waals surface area (Å²) in [7, 11) is 0. The molecular weight excluding hydrogens is 274 g/mol. The Kier molecular flexibility index (Phi) is 5.59. The lowest BCUT2D eigenvalue weighted by molar-refractivity contribution is -0.116. The Bertz CT molecular complexity index is 650. The first-order valence-electron chi connectivity index (χ1n) is 7.61. The molecule has 0 unspecified atom stereocenters. The van der Waals surface area contributed by atoms with Crippen LogP contribution in [0, 0.1) is 20.8 Å². The topological polar surface area (TPSA) is 38.3 Å². The summed E-state index contributed by atoms with van der Waals surface area (Å²) < 4.78 is 5.65. The Labute approximate surface area is 132 Å². The van der Waals surface area contributed by atoms with Gasteiger partial charge in [0.25, 0.3) is 0 Å². The lowest BCUT2D eigenvalue weighted by Crippen LogP contribution is -2.13. The molecule has 0 heterocycles. The molecule has 0 aliphatic heterocycles. The first kappa shape index (κ1) is 16.1. The maximum Gasteiger partial charge on any atom is 0.224 e. The molecule has 0 aliphatic carbocycles. The number of hydrogen-bond donors (Lipinski definition) is 1. The van der Waals surface area contributed by atoms with Crippen LogP contribution in [0.5, 0.6) is 5.75 Å². The highest BCUT2D eigenvalue weighted by atomic mass is 16.5. The second-order valence-electron chi connectivity index (χ2n) is 5.64. The number of benzene rings is 2. The molecule has 0 spiro atoms. The SMILES string of the molecule is Cc1cccc(OCCCC(=O)Nc2cc(C)ccc2C)c1. The molecule has 0 fully saturated rings. The minimum absolute atomic E-state index is 0.0292. The normalized spacial score (nSPS) is 10.3. The van der Waals surface area contributed by atoms with Crippen LogP contribution in [0.2, 0.25) is 0 Å². The average Bonchev–Trinajstić information content (AvgIpc) is 2.48. The standard InChI is InChI=1S/C19H23NO2/c1-14-6-4-7-17(12-14)22-11-5-8-19(21)20-18-13-15(2)9-10-16(18)3/h4,6-7,9-10,12-13H,5,8,11H2,1-3H3,(H,20,21). The third-order valence-corrected chi connectivity index (χ3v) is 3.47. The fourth-order valence-electron chi connectivity index (χ4n) is 2.21. The third kappa shape index (κ3) is 4.92. The lowest BCUT2D eigenvalue weighted by atomic mass is 10.1. The van der Waals surface area contributed by atoms with Crippen LogP contribution in [-0.2, 0) is 4.79 Å². The van der Waals surface area contributed by atoms with Gasteiger partial charge in [0.15, 0.2) is 0 Å². The summed E-state index contributed by atoms with van der Waals surface area (Å²) in [5.74, 6) is 0.886. The van der Waals surface area contributed by atoms with Crippen LogP contribution < -0.4 is 10.1 Å². The van der Waals surface area contributed by atoms with Crippen molar-refractivity contribution in [2.24, 2.45) is 0 Å². The van der Waals surface area contributed by atoms with Crippen molar-refractivity contribution in [3.8, 4) is 5.75 Å². The zero-order valence-electron chi connectivity index (χ0n) is 13.5. The lowest BCUT2D eigenvalue weighted by Gasteiger charge is -2.10. The van der Waals surface area contributed by atoms with E-state index in [0.717, 1.165) is 22.6 Å². The van der Waals surface area contributed by atoms with Gasteiger partial charge in [-0.3, -0.25) is 4.79 Å². The van der Waals surface area contributed by atoms with E-state index in [1.165, 1.54) is 5.56 Å². The van der Waals surface area contributed by atoms with E-state index in [1.54, 1.807) is 0 Å². The molecule has 0 saturated carbocycles. The van der Waals surface area contributed by atoms with Crippen molar-refractivity contribution in [3.05, 3.63) is 59.2 Å². The molecule has 3 nitrogen and oxygen atoms in total. The van der Waals surface area contributed by atoms with Gasteiger partial charge in [0.1, 0.15) is 5.75 Å². The predicted molar refractivity (Wildman–Crippen MR) is 90.5 cm³/mol. The third-order valence-electron chi connectivity index (χ3n) is 3.47. The van der Waals surface area contributed by atoms with Gasteiger partial charge in [-0.05, 0) is 62.1 Å². The quantitative estimate of drug-likeness (QED) is 0.802. The molecule has 2 aromatic rings. The summed E-state index contributed by atoms with van der Waals surface area (Å²) >= 11 is 0. The molecule has 1 amide bonds. The molecule has 3 heteroatoms. The second kappa shape index (κ2) is 7.64. The van der Waals surface area contributed by atoms with E-state index >= 15 is 0 Å². The predicted octanol–water partition coefficient (Wildman–Crippen LogP) is 4.41. The first-order valence-corrected chi connectivity index (χ1v) is 7.61. The van der Waals surface area contributed by atoms with Gasteiger partial charge < -0.3 is 10.1 Å². The molecule has 0 bridgehead atoms. The highest BCUT2D eigenvalue weighted by molar-refractivity contribution is 5.91. The maximum absolute atomic E-state index is 12.0. The number of hydrogen-bond acceptors (Lipinski definition) is 2. The number of amides is 1. The summed E-state index contributed by atoms with van der Waals surface area (Å²) in [6.45, 7) is 6.59. The van der Waals surface area contributed by atoms with Crippen molar-refractivity contribution in [3.63, 3.8) is 0 Å². The Balaban J connectivity index is 1.75. The number of carbonyl (C=O) groups excluding carboxylic acids is 1. The summed E-state index contributed by atoms with van der Waals surface area (Å²) in [5.41, 5.74) is 4.29. The Hall–Kier alpha value is -2.29. The zero-order valence-corrected chi connectivity index (χ0v) is 13.5. The largest absolute Gasteiger partial charge is 0.494 e. The van der Waals surface area contributed by atoms with Crippen LogP contribution in [0.15, 0.2) is 42.5 Å². The Morgan fingerprint density at radius 1 is 1.05 bits per heavy atom. The van der Waals surface area contributed by atoms with Crippen molar-refractivity contribution < 1.29 is 9.53 Å². The van der Waals surface area contributed by atoms with Gasteiger partial charge in [-0.25, -0.2) is 0 Å². The highest BCUT2D eigenvalue weighted by Crippen LogP contribution is 2.17. The minimum atomic E-state index is 0.0292.